The minimum atomic E-state index is 0.693. The zero-order chi connectivity index (χ0) is 9.97. The molecule has 2 heteroatoms. The predicted octanol–water partition coefficient (Wildman–Crippen LogP) is 3.07. The van der Waals surface area contributed by atoms with Gasteiger partial charge in [-0.05, 0) is 18.6 Å². The molecule has 0 amide bonds. The highest BCUT2D eigenvalue weighted by Gasteiger charge is 2.03. The zero-order valence-corrected chi connectivity index (χ0v) is 7.91. The summed E-state index contributed by atoms with van der Waals surface area (Å²) < 4.78 is 0. The molecule has 0 unspecified atom stereocenters. The van der Waals surface area contributed by atoms with Crippen LogP contribution in [-0.4, -0.2) is 4.98 Å². The Morgan fingerprint density at radius 3 is 3.00 bits per heavy atom. The van der Waals surface area contributed by atoms with Gasteiger partial charge in [-0.25, -0.2) is 0 Å². The van der Waals surface area contributed by atoms with E-state index >= 15 is 0 Å². The standard InChI is InChI=1S/C12H10N2/c1-2-4-10-8-14-12-9(7-13)5-3-6-11(10)12/h2-6,8,14H,1H3/b4-2+. The molecule has 1 N–H and O–H groups in total. The van der Waals surface area contributed by atoms with E-state index < -0.39 is 0 Å². The van der Waals surface area contributed by atoms with Gasteiger partial charge < -0.3 is 4.98 Å². The zero-order valence-electron chi connectivity index (χ0n) is 7.91. The fourth-order valence-electron chi connectivity index (χ4n) is 1.59. The van der Waals surface area contributed by atoms with Crippen molar-refractivity contribution in [3.8, 4) is 6.07 Å². The second kappa shape index (κ2) is 3.39. The first-order valence-electron chi connectivity index (χ1n) is 4.49. The lowest BCUT2D eigenvalue weighted by Crippen LogP contribution is -1.76. The molecular formula is C12H10N2. The van der Waals surface area contributed by atoms with E-state index in [1.54, 1.807) is 0 Å². The smallest absolute Gasteiger partial charge is 0.101 e. The van der Waals surface area contributed by atoms with Crippen LogP contribution in [0, 0.1) is 11.3 Å². The molecular weight excluding hydrogens is 172 g/mol. The molecule has 68 valence electrons. The monoisotopic (exact) mass is 182 g/mol. The Hall–Kier alpha value is -2.01. The summed E-state index contributed by atoms with van der Waals surface area (Å²) >= 11 is 0. The number of allylic oxidation sites excluding steroid dienone is 1. The molecule has 0 spiro atoms. The second-order valence-corrected chi connectivity index (χ2v) is 3.08. The summed E-state index contributed by atoms with van der Waals surface area (Å²) in [6, 6.07) is 7.91. The van der Waals surface area contributed by atoms with Crippen LogP contribution in [0.25, 0.3) is 17.0 Å². The van der Waals surface area contributed by atoms with Crippen LogP contribution in [0.3, 0.4) is 0 Å². The van der Waals surface area contributed by atoms with E-state index in [-0.39, 0.29) is 0 Å². The summed E-state index contributed by atoms with van der Waals surface area (Å²) in [6.45, 7) is 1.98. The third kappa shape index (κ3) is 1.20. The van der Waals surface area contributed by atoms with Crippen LogP contribution in [0.4, 0.5) is 0 Å². The van der Waals surface area contributed by atoms with Crippen LogP contribution < -0.4 is 0 Å². The van der Waals surface area contributed by atoms with E-state index in [0.717, 1.165) is 16.5 Å². The molecule has 2 aromatic rings. The molecule has 0 saturated heterocycles. The van der Waals surface area contributed by atoms with Gasteiger partial charge in [-0.3, -0.25) is 0 Å². The van der Waals surface area contributed by atoms with Gasteiger partial charge >= 0.3 is 0 Å². The molecule has 0 atom stereocenters. The molecule has 0 radical (unpaired) electrons. The summed E-state index contributed by atoms with van der Waals surface area (Å²) in [5.74, 6) is 0. The van der Waals surface area contributed by atoms with Gasteiger partial charge in [0.15, 0.2) is 0 Å². The van der Waals surface area contributed by atoms with Gasteiger partial charge in [0.05, 0.1) is 11.1 Å². The fourth-order valence-corrected chi connectivity index (χ4v) is 1.59. The first kappa shape index (κ1) is 8.58. The van der Waals surface area contributed by atoms with Crippen molar-refractivity contribution in [1.82, 2.24) is 4.98 Å². The topological polar surface area (TPSA) is 39.6 Å². The molecule has 0 aliphatic rings. The number of rotatable bonds is 1. The minimum Gasteiger partial charge on any atom is -0.359 e. The number of fused-ring (bicyclic) bond motifs is 1. The molecule has 14 heavy (non-hydrogen) atoms. The highest BCUT2D eigenvalue weighted by Crippen LogP contribution is 2.22. The molecule has 2 rings (SSSR count). The number of nitriles is 1. The molecule has 1 heterocycles. The van der Waals surface area contributed by atoms with Crippen molar-refractivity contribution in [2.45, 2.75) is 6.92 Å². The quantitative estimate of drug-likeness (QED) is 0.723. The van der Waals surface area contributed by atoms with E-state index in [4.69, 9.17) is 5.26 Å². The number of H-pyrrole nitrogens is 1. The first-order chi connectivity index (χ1) is 6.86. The van der Waals surface area contributed by atoms with Crippen molar-refractivity contribution in [2.24, 2.45) is 0 Å². The van der Waals surface area contributed by atoms with Crippen LogP contribution in [-0.2, 0) is 0 Å². The number of nitrogens with one attached hydrogen (secondary N) is 1. The van der Waals surface area contributed by atoms with Gasteiger partial charge in [0.25, 0.3) is 0 Å². The van der Waals surface area contributed by atoms with E-state index in [9.17, 15) is 0 Å². The molecule has 0 aliphatic carbocycles. The number of nitrogens with zero attached hydrogens (tertiary/aromatic N) is 1. The van der Waals surface area contributed by atoms with Crippen LogP contribution in [0.5, 0.6) is 0 Å². The third-order valence-electron chi connectivity index (χ3n) is 2.21. The van der Waals surface area contributed by atoms with E-state index in [2.05, 4.69) is 11.1 Å². The Kier molecular flexibility index (Phi) is 2.08. The van der Waals surface area contributed by atoms with E-state index in [1.807, 2.05) is 43.5 Å². The second-order valence-electron chi connectivity index (χ2n) is 3.08. The van der Waals surface area contributed by atoms with Crippen molar-refractivity contribution in [2.75, 3.05) is 0 Å². The maximum atomic E-state index is 8.89. The maximum Gasteiger partial charge on any atom is 0.101 e. The van der Waals surface area contributed by atoms with Gasteiger partial charge in [-0.2, -0.15) is 5.26 Å². The van der Waals surface area contributed by atoms with Crippen LogP contribution >= 0.6 is 0 Å². The SMILES string of the molecule is C/C=C/c1c[nH]c2c(C#N)cccc12. The van der Waals surface area contributed by atoms with Gasteiger partial charge in [-0.1, -0.05) is 24.3 Å². The molecule has 0 bridgehead atoms. The number of hydrogen-bond acceptors (Lipinski definition) is 1. The Labute approximate surface area is 82.5 Å². The number of aromatic amines is 1. The van der Waals surface area contributed by atoms with Crippen LogP contribution in [0.2, 0.25) is 0 Å². The summed E-state index contributed by atoms with van der Waals surface area (Å²) in [5, 5.41) is 9.99. The summed E-state index contributed by atoms with van der Waals surface area (Å²) in [7, 11) is 0. The number of benzene rings is 1. The predicted molar refractivity (Wildman–Crippen MR) is 57.7 cm³/mol. The lowest BCUT2D eigenvalue weighted by Gasteiger charge is -1.93. The number of hydrogen-bond donors (Lipinski definition) is 1. The fraction of sp³-hybridized carbons (Fsp3) is 0.0833. The molecule has 2 nitrogen and oxygen atoms in total. The molecule has 0 aliphatic heterocycles. The maximum absolute atomic E-state index is 8.89. The van der Waals surface area contributed by atoms with Crippen molar-refractivity contribution >= 4 is 17.0 Å². The van der Waals surface area contributed by atoms with Crippen molar-refractivity contribution in [3.63, 3.8) is 0 Å². The summed E-state index contributed by atoms with van der Waals surface area (Å²) in [4.78, 5) is 3.12. The highest BCUT2D eigenvalue weighted by molar-refractivity contribution is 5.92. The Balaban J connectivity index is 2.77. The Morgan fingerprint density at radius 1 is 1.43 bits per heavy atom. The average Bonchev–Trinajstić information content (AvgIpc) is 2.62. The van der Waals surface area contributed by atoms with Crippen molar-refractivity contribution in [3.05, 3.63) is 41.6 Å². The lowest BCUT2D eigenvalue weighted by atomic mass is 10.1. The third-order valence-corrected chi connectivity index (χ3v) is 2.21. The van der Waals surface area contributed by atoms with Gasteiger partial charge in [0.1, 0.15) is 6.07 Å². The molecule has 1 aromatic heterocycles. The van der Waals surface area contributed by atoms with Gasteiger partial charge in [0, 0.05) is 11.6 Å². The summed E-state index contributed by atoms with van der Waals surface area (Å²) in [5.41, 5.74) is 2.74. The summed E-state index contributed by atoms with van der Waals surface area (Å²) in [6.07, 6.45) is 5.94. The van der Waals surface area contributed by atoms with E-state index in [0.29, 0.717) is 5.56 Å². The largest absolute Gasteiger partial charge is 0.359 e. The molecule has 0 fully saturated rings. The number of aromatic nitrogens is 1. The Bertz CT molecular complexity index is 527. The van der Waals surface area contributed by atoms with Gasteiger partial charge in [0.2, 0.25) is 0 Å². The van der Waals surface area contributed by atoms with Crippen LogP contribution in [0.1, 0.15) is 18.1 Å². The molecule has 0 saturated carbocycles. The van der Waals surface area contributed by atoms with E-state index in [1.165, 1.54) is 0 Å². The first-order valence-corrected chi connectivity index (χ1v) is 4.49. The highest BCUT2D eigenvalue weighted by atomic mass is 14.7. The van der Waals surface area contributed by atoms with Crippen LogP contribution in [0.15, 0.2) is 30.5 Å². The minimum absolute atomic E-state index is 0.693. The van der Waals surface area contributed by atoms with Crippen molar-refractivity contribution in [1.29, 1.82) is 5.26 Å². The lowest BCUT2D eigenvalue weighted by molar-refractivity contribution is 1.44. The normalized spacial score (nSPS) is 10.9. The van der Waals surface area contributed by atoms with Gasteiger partial charge in [-0.15, -0.1) is 0 Å². The van der Waals surface area contributed by atoms with Crippen molar-refractivity contribution < 1.29 is 0 Å². The molecule has 1 aromatic carbocycles. The Morgan fingerprint density at radius 2 is 2.29 bits per heavy atom. The number of para-hydroxylation sites is 1. The average molecular weight is 182 g/mol.